The van der Waals surface area contributed by atoms with Gasteiger partial charge < -0.3 is 19.9 Å². The maximum atomic E-state index is 12.3. The number of carbonyl (C=O) groups is 2. The molecule has 9 heteroatoms. The first-order valence-electron chi connectivity index (χ1n) is 6.00. The van der Waals surface area contributed by atoms with Gasteiger partial charge in [-0.25, -0.2) is 0 Å². The highest BCUT2D eigenvalue weighted by atomic mass is 19.4. The van der Waals surface area contributed by atoms with E-state index >= 15 is 0 Å². The lowest BCUT2D eigenvalue weighted by Gasteiger charge is -2.19. The fourth-order valence-corrected chi connectivity index (χ4v) is 1.74. The summed E-state index contributed by atoms with van der Waals surface area (Å²) in [6, 6.07) is 2.71. The Kier molecular flexibility index (Phi) is 5.61. The highest BCUT2D eigenvalue weighted by Gasteiger charge is 2.40. The Morgan fingerprint density at radius 1 is 1.23 bits per heavy atom. The number of rotatable bonds is 6. The van der Waals surface area contributed by atoms with Crippen LogP contribution in [0.5, 0.6) is 11.5 Å². The van der Waals surface area contributed by atoms with E-state index in [9.17, 15) is 22.8 Å². The van der Waals surface area contributed by atoms with Crippen molar-refractivity contribution < 1.29 is 37.3 Å². The number of carboxylic acid groups (broad SMARTS) is 1. The molecule has 0 heterocycles. The summed E-state index contributed by atoms with van der Waals surface area (Å²) < 4.78 is 46.9. The number of alkyl halides is 3. The molecular formula is C13H14F3NO5. The zero-order valence-electron chi connectivity index (χ0n) is 11.7. The van der Waals surface area contributed by atoms with Crippen LogP contribution in [0.25, 0.3) is 0 Å². The van der Waals surface area contributed by atoms with Gasteiger partial charge in [0.05, 0.1) is 26.7 Å². The zero-order valence-corrected chi connectivity index (χ0v) is 11.7. The van der Waals surface area contributed by atoms with Crippen LogP contribution in [0.2, 0.25) is 0 Å². The van der Waals surface area contributed by atoms with Gasteiger partial charge in [0.25, 0.3) is 0 Å². The van der Waals surface area contributed by atoms with E-state index in [2.05, 4.69) is 0 Å². The lowest BCUT2D eigenvalue weighted by atomic mass is 10.0. The van der Waals surface area contributed by atoms with Gasteiger partial charge in [0.15, 0.2) is 11.5 Å². The minimum Gasteiger partial charge on any atom is -0.493 e. The highest BCUT2D eigenvalue weighted by molar-refractivity contribution is 5.82. The molecular weight excluding hydrogens is 307 g/mol. The maximum absolute atomic E-state index is 12.3. The van der Waals surface area contributed by atoms with Crippen LogP contribution < -0.4 is 14.8 Å². The molecule has 0 aliphatic carbocycles. The van der Waals surface area contributed by atoms with Crippen molar-refractivity contribution >= 4 is 11.9 Å². The predicted molar refractivity (Wildman–Crippen MR) is 68.7 cm³/mol. The summed E-state index contributed by atoms with van der Waals surface area (Å²) in [4.78, 5) is 21.8. The molecule has 122 valence electrons. The number of hydrogen-bond acceptors (Lipinski definition) is 4. The smallest absolute Gasteiger partial charge is 0.471 e. The van der Waals surface area contributed by atoms with Crippen LogP contribution in [0.1, 0.15) is 18.0 Å². The Hall–Kier alpha value is -2.45. The fraction of sp³-hybridized carbons (Fsp3) is 0.385. The van der Waals surface area contributed by atoms with Crippen molar-refractivity contribution in [3.8, 4) is 11.5 Å². The summed E-state index contributed by atoms with van der Waals surface area (Å²) in [7, 11) is 2.69. The number of hydrogen-bond donors (Lipinski definition) is 2. The molecule has 0 saturated heterocycles. The van der Waals surface area contributed by atoms with E-state index in [1.165, 1.54) is 32.4 Å². The molecule has 1 aromatic carbocycles. The van der Waals surface area contributed by atoms with Crippen molar-refractivity contribution in [2.75, 3.05) is 14.2 Å². The molecule has 1 rings (SSSR count). The SMILES string of the molecule is COc1ccc(C(CC(=O)O)NC(=O)C(F)(F)F)cc1OC. The third kappa shape index (κ3) is 4.54. The Balaban J connectivity index is 3.11. The molecule has 0 aliphatic heterocycles. The predicted octanol–water partition coefficient (Wildman–Crippen LogP) is 1.90. The first-order chi connectivity index (χ1) is 10.2. The maximum Gasteiger partial charge on any atom is 0.471 e. The summed E-state index contributed by atoms with van der Waals surface area (Å²) in [6.45, 7) is 0. The summed E-state index contributed by atoms with van der Waals surface area (Å²) in [6.07, 6.45) is -5.81. The van der Waals surface area contributed by atoms with Gasteiger partial charge in [-0.3, -0.25) is 9.59 Å². The second kappa shape index (κ2) is 7.01. The molecule has 22 heavy (non-hydrogen) atoms. The van der Waals surface area contributed by atoms with E-state index in [0.29, 0.717) is 5.75 Å². The third-order valence-corrected chi connectivity index (χ3v) is 2.75. The van der Waals surface area contributed by atoms with E-state index in [1.54, 1.807) is 5.32 Å². The van der Waals surface area contributed by atoms with Gasteiger partial charge in [0.2, 0.25) is 0 Å². The van der Waals surface area contributed by atoms with Gasteiger partial charge in [0, 0.05) is 0 Å². The standard InChI is InChI=1S/C13H14F3NO5/c1-21-9-4-3-7(5-10(9)22-2)8(6-11(18)19)17-12(20)13(14,15)16/h3-5,8H,6H2,1-2H3,(H,17,20)(H,18,19). The minimum absolute atomic E-state index is 0.151. The summed E-state index contributed by atoms with van der Waals surface area (Å²) in [5.74, 6) is -3.05. The van der Waals surface area contributed by atoms with Gasteiger partial charge in [-0.1, -0.05) is 6.07 Å². The molecule has 6 nitrogen and oxygen atoms in total. The van der Waals surface area contributed by atoms with Crippen LogP contribution in [0.15, 0.2) is 18.2 Å². The summed E-state index contributed by atoms with van der Waals surface area (Å²) in [5, 5.41) is 10.5. The zero-order chi connectivity index (χ0) is 16.9. The molecule has 0 saturated carbocycles. The van der Waals surface area contributed by atoms with Crippen LogP contribution in [-0.4, -0.2) is 37.4 Å². The summed E-state index contributed by atoms with van der Waals surface area (Å²) in [5.41, 5.74) is 0.151. The van der Waals surface area contributed by atoms with E-state index in [4.69, 9.17) is 14.6 Å². The second-order valence-electron chi connectivity index (χ2n) is 4.24. The van der Waals surface area contributed by atoms with Crippen LogP contribution in [-0.2, 0) is 9.59 Å². The number of carboxylic acids is 1. The van der Waals surface area contributed by atoms with Crippen molar-refractivity contribution in [3.05, 3.63) is 23.8 Å². The first-order valence-corrected chi connectivity index (χ1v) is 6.00. The van der Waals surface area contributed by atoms with Crippen molar-refractivity contribution in [2.24, 2.45) is 0 Å². The molecule has 2 N–H and O–H groups in total. The molecule has 0 fully saturated rings. The van der Waals surface area contributed by atoms with Crippen molar-refractivity contribution in [2.45, 2.75) is 18.6 Å². The average Bonchev–Trinajstić information content (AvgIpc) is 2.44. The van der Waals surface area contributed by atoms with Crippen LogP contribution in [0.4, 0.5) is 13.2 Å². The molecule has 0 bridgehead atoms. The number of amides is 1. The number of halogens is 3. The van der Waals surface area contributed by atoms with Gasteiger partial charge in [-0.05, 0) is 17.7 Å². The average molecular weight is 321 g/mol. The van der Waals surface area contributed by atoms with Crippen molar-refractivity contribution in [1.29, 1.82) is 0 Å². The van der Waals surface area contributed by atoms with Gasteiger partial charge >= 0.3 is 18.1 Å². The molecule has 1 aromatic rings. The van der Waals surface area contributed by atoms with E-state index in [-0.39, 0.29) is 11.3 Å². The van der Waals surface area contributed by atoms with E-state index in [1.807, 2.05) is 0 Å². The van der Waals surface area contributed by atoms with E-state index in [0.717, 1.165) is 0 Å². The molecule has 0 spiro atoms. The van der Waals surface area contributed by atoms with Crippen LogP contribution in [0, 0.1) is 0 Å². The Morgan fingerprint density at radius 3 is 2.27 bits per heavy atom. The largest absolute Gasteiger partial charge is 0.493 e. The number of benzene rings is 1. The normalized spacial score (nSPS) is 12.4. The topological polar surface area (TPSA) is 84.9 Å². The Morgan fingerprint density at radius 2 is 1.82 bits per heavy atom. The highest BCUT2D eigenvalue weighted by Crippen LogP contribution is 2.31. The number of methoxy groups -OCH3 is 2. The van der Waals surface area contributed by atoms with Crippen molar-refractivity contribution in [1.82, 2.24) is 5.32 Å². The Labute approximate surface area is 123 Å². The van der Waals surface area contributed by atoms with Crippen LogP contribution in [0.3, 0.4) is 0 Å². The van der Waals surface area contributed by atoms with Gasteiger partial charge in [-0.2, -0.15) is 13.2 Å². The van der Waals surface area contributed by atoms with Gasteiger partial charge in [-0.15, -0.1) is 0 Å². The summed E-state index contributed by atoms with van der Waals surface area (Å²) >= 11 is 0. The van der Waals surface area contributed by atoms with Gasteiger partial charge in [0.1, 0.15) is 0 Å². The third-order valence-electron chi connectivity index (χ3n) is 2.75. The first kappa shape index (κ1) is 17.6. The molecule has 1 unspecified atom stereocenters. The molecule has 0 radical (unpaired) electrons. The Bertz CT molecular complexity index is 559. The second-order valence-corrected chi connectivity index (χ2v) is 4.24. The van der Waals surface area contributed by atoms with E-state index < -0.39 is 30.5 Å². The molecule has 1 atom stereocenters. The quantitative estimate of drug-likeness (QED) is 0.836. The monoisotopic (exact) mass is 321 g/mol. The number of ether oxygens (including phenoxy) is 2. The lowest BCUT2D eigenvalue weighted by Crippen LogP contribution is -2.39. The minimum atomic E-state index is -5.10. The van der Waals surface area contributed by atoms with Crippen LogP contribution >= 0.6 is 0 Å². The number of nitrogens with one attached hydrogen (secondary N) is 1. The lowest BCUT2D eigenvalue weighted by molar-refractivity contribution is -0.174. The number of carbonyl (C=O) groups excluding carboxylic acids is 1. The molecule has 1 amide bonds. The molecule has 0 aromatic heterocycles. The molecule has 0 aliphatic rings. The fourth-order valence-electron chi connectivity index (χ4n) is 1.74. The van der Waals surface area contributed by atoms with Crippen molar-refractivity contribution in [3.63, 3.8) is 0 Å². The number of aliphatic carboxylic acids is 1.